The van der Waals surface area contributed by atoms with Crippen LogP contribution in [-0.2, 0) is 35.3 Å². The maximum Gasteiger partial charge on any atom is 0.435 e. The standard InChI is InChI=1S/C22H23F3N8O2/c1-31-12-17-15(11-33(29-17)6-7-35-2)16-9-27-21-19(28-16)13(8-26-21)14-10-32(5-3-4-18(31)34)30-20(14)22(23,24)25/h8-11H,3-7,12H2,1-2H3,(H,26,27). The molecule has 184 valence electrons. The molecule has 4 aromatic heterocycles. The van der Waals surface area contributed by atoms with Gasteiger partial charge >= 0.3 is 6.18 Å². The first-order valence-corrected chi connectivity index (χ1v) is 11.0. The van der Waals surface area contributed by atoms with Crippen LogP contribution < -0.4 is 0 Å². The second-order valence-electron chi connectivity index (χ2n) is 8.41. The average Bonchev–Trinajstić information content (AvgIpc) is 3.52. The van der Waals surface area contributed by atoms with Crippen LogP contribution in [-0.4, -0.2) is 66.1 Å². The predicted molar refractivity (Wildman–Crippen MR) is 119 cm³/mol. The van der Waals surface area contributed by atoms with Crippen LogP contribution in [0.25, 0.3) is 33.5 Å². The molecule has 0 radical (unpaired) electrons. The van der Waals surface area contributed by atoms with Crippen molar-refractivity contribution < 1.29 is 22.7 Å². The molecule has 0 atom stereocenters. The number of aryl methyl sites for hydroxylation is 1. The fourth-order valence-electron chi connectivity index (χ4n) is 4.16. The van der Waals surface area contributed by atoms with Gasteiger partial charge in [-0.1, -0.05) is 0 Å². The normalized spacial score (nSPS) is 14.9. The fraction of sp³-hybridized carbons (Fsp3) is 0.409. The van der Waals surface area contributed by atoms with E-state index in [1.54, 1.807) is 29.9 Å². The monoisotopic (exact) mass is 488 g/mol. The summed E-state index contributed by atoms with van der Waals surface area (Å²) < 4.78 is 49.7. The van der Waals surface area contributed by atoms with Crippen molar-refractivity contribution in [3.63, 3.8) is 0 Å². The SMILES string of the molecule is COCCn1cc2c(n1)CN(C)C(=O)CCCn1cc(c(C(F)(F)F)n1)-c1c[nH]c3ncc-2nc13. The van der Waals surface area contributed by atoms with Crippen LogP contribution in [0.15, 0.2) is 24.8 Å². The van der Waals surface area contributed by atoms with Gasteiger partial charge in [0.05, 0.1) is 37.3 Å². The van der Waals surface area contributed by atoms with E-state index < -0.39 is 11.9 Å². The number of rotatable bonds is 3. The molecule has 0 aromatic carbocycles. The fourth-order valence-corrected chi connectivity index (χ4v) is 4.16. The Morgan fingerprint density at radius 1 is 1.17 bits per heavy atom. The molecule has 0 saturated carbocycles. The molecule has 0 aliphatic carbocycles. The largest absolute Gasteiger partial charge is 0.435 e. The highest BCUT2D eigenvalue weighted by Gasteiger charge is 2.38. The lowest BCUT2D eigenvalue weighted by Crippen LogP contribution is -2.26. The highest BCUT2D eigenvalue weighted by atomic mass is 19.4. The molecule has 13 heteroatoms. The lowest BCUT2D eigenvalue weighted by Gasteiger charge is -2.16. The summed E-state index contributed by atoms with van der Waals surface area (Å²) in [5.41, 5.74) is 1.50. The number of ether oxygens (including phenoxy) is 1. The number of hydrogen-bond donors (Lipinski definition) is 1. The predicted octanol–water partition coefficient (Wildman–Crippen LogP) is 3.10. The molecule has 4 aromatic rings. The molecule has 1 aliphatic rings. The maximum absolute atomic E-state index is 13.9. The first kappa shape index (κ1) is 23.0. The molecule has 0 saturated heterocycles. The third-order valence-electron chi connectivity index (χ3n) is 5.93. The van der Waals surface area contributed by atoms with E-state index in [4.69, 9.17) is 4.74 Å². The Labute approximate surface area is 197 Å². The smallest absolute Gasteiger partial charge is 0.383 e. The number of halogens is 3. The second-order valence-corrected chi connectivity index (χ2v) is 8.41. The number of nitrogens with one attached hydrogen (secondary N) is 1. The minimum absolute atomic E-state index is 0.0930. The summed E-state index contributed by atoms with van der Waals surface area (Å²) in [6, 6.07) is 0. The summed E-state index contributed by atoms with van der Waals surface area (Å²) in [6.07, 6.45) is 1.98. The summed E-state index contributed by atoms with van der Waals surface area (Å²) in [5, 5.41) is 8.40. The van der Waals surface area contributed by atoms with Gasteiger partial charge in [-0.3, -0.25) is 14.2 Å². The number of aromatic amines is 1. The summed E-state index contributed by atoms with van der Waals surface area (Å²) >= 11 is 0. The van der Waals surface area contributed by atoms with E-state index in [1.165, 1.54) is 23.3 Å². The zero-order valence-corrected chi connectivity index (χ0v) is 19.1. The lowest BCUT2D eigenvalue weighted by atomic mass is 10.1. The molecule has 1 amide bonds. The van der Waals surface area contributed by atoms with E-state index in [0.29, 0.717) is 47.7 Å². The molecule has 1 N–H and O–H groups in total. The van der Waals surface area contributed by atoms with Crippen LogP contribution in [0.1, 0.15) is 24.2 Å². The zero-order chi connectivity index (χ0) is 24.7. The Morgan fingerprint density at radius 3 is 2.77 bits per heavy atom. The first-order valence-electron chi connectivity index (χ1n) is 11.0. The van der Waals surface area contributed by atoms with Crippen molar-refractivity contribution in [1.82, 2.24) is 39.4 Å². The van der Waals surface area contributed by atoms with Crippen LogP contribution in [0.3, 0.4) is 0 Å². The van der Waals surface area contributed by atoms with E-state index in [0.717, 1.165) is 0 Å². The maximum atomic E-state index is 13.9. The number of aromatic nitrogens is 7. The van der Waals surface area contributed by atoms with Gasteiger partial charge in [-0.25, -0.2) is 9.97 Å². The number of H-pyrrole nitrogens is 1. The number of hydrogen-bond acceptors (Lipinski definition) is 6. The molecular formula is C22H23F3N8O2. The molecule has 0 unspecified atom stereocenters. The van der Waals surface area contributed by atoms with Gasteiger partial charge in [-0.05, 0) is 6.42 Å². The van der Waals surface area contributed by atoms with E-state index in [9.17, 15) is 18.0 Å². The molecule has 10 nitrogen and oxygen atoms in total. The number of carbonyl (C=O) groups excluding carboxylic acids is 1. The summed E-state index contributed by atoms with van der Waals surface area (Å²) in [7, 11) is 3.26. The lowest BCUT2D eigenvalue weighted by molar-refractivity contribution is -0.141. The quantitative estimate of drug-likeness (QED) is 0.475. The minimum Gasteiger partial charge on any atom is -0.383 e. The Hall–Kier alpha value is -3.74. The number of alkyl halides is 3. The van der Waals surface area contributed by atoms with Gasteiger partial charge in [0.25, 0.3) is 0 Å². The molecule has 35 heavy (non-hydrogen) atoms. The van der Waals surface area contributed by atoms with Crippen LogP contribution >= 0.6 is 0 Å². The van der Waals surface area contributed by atoms with Crippen LogP contribution in [0, 0.1) is 0 Å². The highest BCUT2D eigenvalue weighted by Crippen LogP contribution is 2.38. The average molecular weight is 488 g/mol. The molecule has 5 heterocycles. The van der Waals surface area contributed by atoms with E-state index in [-0.39, 0.29) is 36.5 Å². The Morgan fingerprint density at radius 2 is 2.00 bits per heavy atom. The Bertz CT molecular complexity index is 1390. The number of fused-ring (bicyclic) bond motifs is 6. The molecule has 4 bridgehead atoms. The van der Waals surface area contributed by atoms with Gasteiger partial charge < -0.3 is 14.6 Å². The topological polar surface area (TPSA) is 107 Å². The zero-order valence-electron chi connectivity index (χ0n) is 19.1. The van der Waals surface area contributed by atoms with Crippen molar-refractivity contribution in [2.24, 2.45) is 0 Å². The van der Waals surface area contributed by atoms with Crippen molar-refractivity contribution in [3.8, 4) is 22.4 Å². The summed E-state index contributed by atoms with van der Waals surface area (Å²) in [4.78, 5) is 26.3. The van der Waals surface area contributed by atoms with Crippen LogP contribution in [0.2, 0.25) is 0 Å². The van der Waals surface area contributed by atoms with Gasteiger partial charge in [0.15, 0.2) is 11.3 Å². The third kappa shape index (κ3) is 4.38. The number of carbonyl (C=O) groups is 1. The molecule has 5 rings (SSSR count). The van der Waals surface area contributed by atoms with Crippen molar-refractivity contribution in [2.75, 3.05) is 20.8 Å². The van der Waals surface area contributed by atoms with E-state index >= 15 is 0 Å². The van der Waals surface area contributed by atoms with Gasteiger partial charge in [0.1, 0.15) is 5.52 Å². The number of nitrogens with zero attached hydrogens (tertiary/aromatic N) is 7. The first-order chi connectivity index (χ1) is 16.7. The van der Waals surface area contributed by atoms with E-state index in [2.05, 4.69) is 25.1 Å². The van der Waals surface area contributed by atoms with Crippen molar-refractivity contribution in [3.05, 3.63) is 36.2 Å². The van der Waals surface area contributed by atoms with Gasteiger partial charge in [-0.2, -0.15) is 23.4 Å². The van der Waals surface area contributed by atoms with E-state index in [1.807, 2.05) is 0 Å². The van der Waals surface area contributed by atoms with Gasteiger partial charge in [0, 0.05) is 62.4 Å². The number of amides is 1. The van der Waals surface area contributed by atoms with Gasteiger partial charge in [0.2, 0.25) is 5.91 Å². The minimum atomic E-state index is -4.66. The summed E-state index contributed by atoms with van der Waals surface area (Å²) in [5.74, 6) is -0.145. The third-order valence-corrected chi connectivity index (χ3v) is 5.93. The molecular weight excluding hydrogens is 465 g/mol. The Kier molecular flexibility index (Phi) is 5.79. The second kappa shape index (κ2) is 8.80. The van der Waals surface area contributed by atoms with Crippen LogP contribution in [0.5, 0.6) is 0 Å². The van der Waals surface area contributed by atoms with Crippen molar-refractivity contribution in [1.29, 1.82) is 0 Å². The molecule has 0 fully saturated rings. The van der Waals surface area contributed by atoms with Gasteiger partial charge in [-0.15, -0.1) is 0 Å². The van der Waals surface area contributed by atoms with Crippen molar-refractivity contribution >= 4 is 17.1 Å². The molecule has 0 spiro atoms. The highest BCUT2D eigenvalue weighted by molar-refractivity contribution is 5.92. The number of methoxy groups -OCH3 is 1. The summed E-state index contributed by atoms with van der Waals surface area (Å²) in [6.45, 7) is 1.34. The van der Waals surface area contributed by atoms with Crippen LogP contribution in [0.4, 0.5) is 13.2 Å². The Balaban J connectivity index is 1.71. The van der Waals surface area contributed by atoms with Crippen molar-refractivity contribution in [2.45, 2.75) is 38.7 Å². The molecule has 1 aliphatic heterocycles.